The largest absolute Gasteiger partial charge is 0.0836 e. The second-order valence-corrected chi connectivity index (χ2v) is 19.4. The molecule has 0 radical (unpaired) electrons. The monoisotopic (exact) mass is 926 g/mol. The summed E-state index contributed by atoms with van der Waals surface area (Å²) in [6, 6.07) is 103. The van der Waals surface area contributed by atoms with Gasteiger partial charge in [0.05, 0.1) is 5.41 Å². The number of benzene rings is 10. The summed E-state index contributed by atoms with van der Waals surface area (Å²) in [5.41, 5.74) is 24.5. The predicted molar refractivity (Wildman–Crippen MR) is 305 cm³/mol. The lowest BCUT2D eigenvalue weighted by molar-refractivity contribution is 0.770. The molecule has 1 atom stereocenters. The molecule has 0 aliphatic heterocycles. The van der Waals surface area contributed by atoms with Gasteiger partial charge in [0.2, 0.25) is 0 Å². The van der Waals surface area contributed by atoms with Crippen LogP contribution in [0.5, 0.6) is 0 Å². The minimum Gasteiger partial charge on any atom is -0.0836 e. The highest BCUT2D eigenvalue weighted by Crippen LogP contribution is 2.58. The minimum atomic E-state index is -0.729. The molecule has 342 valence electrons. The molecule has 11 aromatic rings. The zero-order chi connectivity index (χ0) is 48.6. The maximum atomic E-state index is 3.19. The van der Waals surface area contributed by atoms with Crippen LogP contribution in [0.4, 0.5) is 0 Å². The van der Waals surface area contributed by atoms with Gasteiger partial charge in [-0.3, -0.25) is 0 Å². The van der Waals surface area contributed by atoms with E-state index in [9.17, 15) is 0 Å². The van der Waals surface area contributed by atoms with Crippen molar-refractivity contribution in [2.75, 3.05) is 0 Å². The molecule has 2 aliphatic rings. The topological polar surface area (TPSA) is 0 Å². The molecule has 0 spiro atoms. The zero-order valence-electron chi connectivity index (χ0n) is 40.4. The van der Waals surface area contributed by atoms with Crippen molar-refractivity contribution in [2.45, 2.75) is 17.8 Å². The van der Waals surface area contributed by atoms with Gasteiger partial charge in [-0.05, 0) is 196 Å². The Balaban J connectivity index is 1.11. The fourth-order valence-electron chi connectivity index (χ4n) is 11.6. The van der Waals surface area contributed by atoms with Gasteiger partial charge in [-0.2, -0.15) is 0 Å². The normalized spacial score (nSPS) is 14.0. The first kappa shape index (κ1) is 43.7. The fraction of sp³-hybridized carbons (Fsp3) is 0.0411. The number of rotatable bonds is 10. The number of hydrogen-bond donors (Lipinski definition) is 0. The van der Waals surface area contributed by atoms with Gasteiger partial charge in [0.15, 0.2) is 0 Å². The van der Waals surface area contributed by atoms with Gasteiger partial charge in [-0.15, -0.1) is 0 Å². The van der Waals surface area contributed by atoms with Crippen LogP contribution in [0.3, 0.4) is 0 Å². The summed E-state index contributed by atoms with van der Waals surface area (Å²) in [6.45, 7) is 0. The Hall–Kier alpha value is -9.28. The summed E-state index contributed by atoms with van der Waals surface area (Å²) in [6.07, 6.45) is 9.95. The van der Waals surface area contributed by atoms with E-state index in [1.54, 1.807) is 0 Å². The van der Waals surface area contributed by atoms with Crippen LogP contribution in [-0.4, -0.2) is 0 Å². The maximum absolute atomic E-state index is 3.19. The van der Waals surface area contributed by atoms with Gasteiger partial charge in [0, 0.05) is 5.92 Å². The van der Waals surface area contributed by atoms with E-state index in [4.69, 9.17) is 0 Å². The molecule has 73 heavy (non-hydrogen) atoms. The Labute approximate surface area is 429 Å². The van der Waals surface area contributed by atoms with Crippen molar-refractivity contribution in [3.05, 3.63) is 325 Å². The first-order valence-corrected chi connectivity index (χ1v) is 25.4. The van der Waals surface area contributed by atoms with Gasteiger partial charge < -0.3 is 0 Å². The molecule has 13 rings (SSSR count). The highest BCUT2D eigenvalue weighted by atomic mass is 14.5. The molecule has 2 aliphatic carbocycles. The first-order valence-electron chi connectivity index (χ1n) is 25.4. The third kappa shape index (κ3) is 8.12. The molecule has 0 saturated heterocycles. The zero-order valence-corrected chi connectivity index (χ0v) is 40.4. The van der Waals surface area contributed by atoms with Crippen molar-refractivity contribution in [3.63, 3.8) is 0 Å². The van der Waals surface area contributed by atoms with Crippen molar-refractivity contribution in [1.82, 2.24) is 0 Å². The third-order valence-corrected chi connectivity index (χ3v) is 15.1. The average molecular weight is 927 g/mol. The standard InChI is InChI=1S/C73H50/c1-5-21-51(22-6-1)55-29-17-33-59(41-55)63-45-64(60-34-18-30-56(42-60)52-23-7-2-8-24-52)48-67(47-63)73(71-39-15-13-37-69(71)70-38-14-16-40-72(70)73)68-49-65(61-35-19-31-57(43-61)53-25-9-3-10-26-53)46-66(50-68)62-36-20-32-58(44-62)54-27-11-4-12-28-54/h1-3,5-11,13-25,27-50,53H,26H2. The van der Waals surface area contributed by atoms with Gasteiger partial charge in [-0.1, -0.05) is 224 Å². The number of allylic oxidation sites excluding steroid dienone is 4. The van der Waals surface area contributed by atoms with Crippen molar-refractivity contribution in [1.29, 1.82) is 0 Å². The summed E-state index contributed by atoms with van der Waals surface area (Å²) in [5, 5.41) is 0. The number of fused-ring (bicyclic) bond motifs is 3. The van der Waals surface area contributed by atoms with Crippen LogP contribution < -0.4 is 0 Å². The van der Waals surface area contributed by atoms with E-state index in [0.717, 1.165) is 28.7 Å². The molecular formula is C73H50. The molecule has 1 unspecified atom stereocenters. The van der Waals surface area contributed by atoms with Crippen molar-refractivity contribution in [2.24, 2.45) is 0 Å². The Morgan fingerprint density at radius 1 is 0.315 bits per heavy atom. The molecule has 0 saturated carbocycles. The SMILES string of the molecule is c1ccc(-c2cccc(-c3cc(-c4cccc(C5C=CC=CC5)c4)cc(C4(c5cc(-c6cccc(-c7ccccc7)c6)cc(-c6cccc(-c7ccccc7)c6)c5)c5ccccc5-c5ccccc54)c3)c2)cc#1. The Bertz CT molecular complexity index is 3730. The van der Waals surface area contributed by atoms with E-state index in [1.165, 1.54) is 94.6 Å². The third-order valence-electron chi connectivity index (χ3n) is 15.1. The smallest absolute Gasteiger partial charge is 0.0714 e. The summed E-state index contributed by atoms with van der Waals surface area (Å²) in [7, 11) is 0. The van der Waals surface area contributed by atoms with Crippen LogP contribution in [0.15, 0.2) is 285 Å². The quantitative estimate of drug-likeness (QED) is 0.128. The Morgan fingerprint density at radius 3 is 1.19 bits per heavy atom. The van der Waals surface area contributed by atoms with Crippen molar-refractivity contribution >= 4 is 0 Å². The Kier molecular flexibility index (Phi) is 11.3. The molecule has 0 heterocycles. The van der Waals surface area contributed by atoms with E-state index >= 15 is 0 Å². The van der Waals surface area contributed by atoms with Crippen LogP contribution in [-0.2, 0) is 5.41 Å². The lowest BCUT2D eigenvalue weighted by Crippen LogP contribution is -2.29. The molecule has 0 fully saturated rings. The molecule has 0 amide bonds. The van der Waals surface area contributed by atoms with Gasteiger partial charge in [-0.25, -0.2) is 0 Å². The molecule has 0 nitrogen and oxygen atoms in total. The van der Waals surface area contributed by atoms with Crippen LogP contribution in [0.2, 0.25) is 0 Å². The van der Waals surface area contributed by atoms with Gasteiger partial charge >= 0.3 is 0 Å². The molecule has 11 aromatic carbocycles. The summed E-state index contributed by atoms with van der Waals surface area (Å²) < 4.78 is 0. The summed E-state index contributed by atoms with van der Waals surface area (Å²) in [4.78, 5) is 0. The highest BCUT2D eigenvalue weighted by molar-refractivity contribution is 5.90. The summed E-state index contributed by atoms with van der Waals surface area (Å²) >= 11 is 0. The lowest BCUT2D eigenvalue weighted by atomic mass is 9.66. The van der Waals surface area contributed by atoms with Gasteiger partial charge in [0.1, 0.15) is 0 Å². The molecule has 0 aromatic heterocycles. The van der Waals surface area contributed by atoms with E-state index < -0.39 is 5.41 Å². The fourth-order valence-corrected chi connectivity index (χ4v) is 11.6. The predicted octanol–water partition coefficient (Wildman–Crippen LogP) is 18.9. The van der Waals surface area contributed by atoms with E-state index in [1.807, 2.05) is 12.1 Å². The van der Waals surface area contributed by atoms with Gasteiger partial charge in [0.25, 0.3) is 0 Å². The molecule has 0 heteroatoms. The van der Waals surface area contributed by atoms with Crippen LogP contribution in [0.25, 0.3) is 89.0 Å². The summed E-state index contributed by atoms with van der Waals surface area (Å²) in [5.74, 6) is 0.325. The second kappa shape index (κ2) is 18.8. The van der Waals surface area contributed by atoms with Crippen molar-refractivity contribution < 1.29 is 0 Å². The lowest BCUT2D eigenvalue weighted by Gasteiger charge is -2.35. The van der Waals surface area contributed by atoms with Crippen LogP contribution in [0.1, 0.15) is 40.2 Å². The van der Waals surface area contributed by atoms with Crippen LogP contribution in [0, 0.1) is 12.1 Å². The highest BCUT2D eigenvalue weighted by Gasteiger charge is 2.46. The first-order chi connectivity index (χ1) is 36.2. The Morgan fingerprint density at radius 2 is 0.726 bits per heavy atom. The minimum absolute atomic E-state index is 0.325. The number of hydrogen-bond acceptors (Lipinski definition) is 0. The van der Waals surface area contributed by atoms with E-state index in [0.29, 0.717) is 5.92 Å². The van der Waals surface area contributed by atoms with Crippen molar-refractivity contribution in [3.8, 4) is 89.0 Å². The maximum Gasteiger partial charge on any atom is 0.0714 e. The second-order valence-electron chi connectivity index (χ2n) is 19.4. The van der Waals surface area contributed by atoms with E-state index in [-0.39, 0.29) is 0 Å². The molecular weight excluding hydrogens is 877 g/mol. The average Bonchev–Trinajstić information content (AvgIpc) is 3.80. The van der Waals surface area contributed by atoms with E-state index in [2.05, 4.69) is 285 Å². The molecule has 0 N–H and O–H groups in total. The molecule has 0 bridgehead atoms. The van der Waals surface area contributed by atoms with Crippen LogP contribution >= 0.6 is 0 Å².